The molecule has 1 aromatic rings. The van der Waals surface area contributed by atoms with Gasteiger partial charge in [0.25, 0.3) is 0 Å². The van der Waals surface area contributed by atoms with E-state index in [9.17, 15) is 4.79 Å². The van der Waals surface area contributed by atoms with Crippen LogP contribution in [0.15, 0.2) is 18.2 Å². The molecule has 2 heterocycles. The van der Waals surface area contributed by atoms with E-state index in [1.165, 1.54) is 0 Å². The van der Waals surface area contributed by atoms with Crippen molar-refractivity contribution in [2.75, 3.05) is 33.5 Å². The average Bonchev–Trinajstić information content (AvgIpc) is 2.88. The molecule has 102 valence electrons. The van der Waals surface area contributed by atoms with Crippen LogP contribution in [0.4, 0.5) is 0 Å². The van der Waals surface area contributed by atoms with Gasteiger partial charge in [0.2, 0.25) is 6.79 Å². The van der Waals surface area contributed by atoms with Gasteiger partial charge in [-0.3, -0.25) is 4.79 Å². The molecule has 0 aliphatic carbocycles. The van der Waals surface area contributed by atoms with Crippen LogP contribution in [0.1, 0.15) is 16.8 Å². The number of hydrogen-bond acceptors (Lipinski definition) is 5. The van der Waals surface area contributed by atoms with Gasteiger partial charge in [-0.15, -0.1) is 0 Å². The first-order chi connectivity index (χ1) is 9.24. The number of hydrogen-bond donors (Lipinski definition) is 1. The number of ether oxygens (including phenoxy) is 2. The second kappa shape index (κ2) is 5.19. The standard InChI is InChI=1S/C14H18N2O3/c1-16-5-4-15-8-11(16)7-12(17)10-2-3-13-14(6-10)19-9-18-13/h2-3,6,11,15H,4-5,7-9H2,1H3. The summed E-state index contributed by atoms with van der Waals surface area (Å²) in [5.41, 5.74) is 0.697. The van der Waals surface area contributed by atoms with E-state index in [0.717, 1.165) is 19.6 Å². The van der Waals surface area contributed by atoms with Crippen molar-refractivity contribution in [1.82, 2.24) is 10.2 Å². The number of carbonyl (C=O) groups excluding carboxylic acids is 1. The summed E-state index contributed by atoms with van der Waals surface area (Å²) < 4.78 is 10.6. The molecule has 0 radical (unpaired) electrons. The third kappa shape index (κ3) is 2.57. The van der Waals surface area contributed by atoms with Crippen LogP contribution in [0, 0.1) is 0 Å². The van der Waals surface area contributed by atoms with Gasteiger partial charge < -0.3 is 19.7 Å². The lowest BCUT2D eigenvalue weighted by molar-refractivity contribution is 0.0917. The number of fused-ring (bicyclic) bond motifs is 1. The number of Topliss-reactive ketones (excluding diaryl/α,β-unsaturated/α-hetero) is 1. The number of benzene rings is 1. The number of likely N-dealkylation sites (N-methyl/N-ethyl adjacent to an activating group) is 1. The van der Waals surface area contributed by atoms with Crippen molar-refractivity contribution in [1.29, 1.82) is 0 Å². The van der Waals surface area contributed by atoms with Gasteiger partial charge in [0.15, 0.2) is 17.3 Å². The van der Waals surface area contributed by atoms with E-state index < -0.39 is 0 Å². The first kappa shape index (κ1) is 12.4. The Morgan fingerprint density at radius 3 is 3.11 bits per heavy atom. The first-order valence-corrected chi connectivity index (χ1v) is 6.58. The van der Waals surface area contributed by atoms with E-state index in [1.54, 1.807) is 12.1 Å². The van der Waals surface area contributed by atoms with Crippen molar-refractivity contribution in [2.45, 2.75) is 12.5 Å². The average molecular weight is 262 g/mol. The van der Waals surface area contributed by atoms with Crippen LogP contribution in [0.2, 0.25) is 0 Å². The fourth-order valence-corrected chi connectivity index (χ4v) is 2.49. The molecule has 1 saturated heterocycles. The molecular formula is C14H18N2O3. The second-order valence-electron chi connectivity index (χ2n) is 5.03. The molecule has 0 saturated carbocycles. The molecule has 1 unspecified atom stereocenters. The van der Waals surface area contributed by atoms with E-state index in [-0.39, 0.29) is 18.6 Å². The number of rotatable bonds is 3. The van der Waals surface area contributed by atoms with Gasteiger partial charge in [0, 0.05) is 37.7 Å². The molecular weight excluding hydrogens is 244 g/mol. The van der Waals surface area contributed by atoms with Gasteiger partial charge in [0.1, 0.15) is 0 Å². The molecule has 0 spiro atoms. The van der Waals surface area contributed by atoms with E-state index in [1.807, 2.05) is 6.07 Å². The molecule has 2 aliphatic rings. The molecule has 2 aliphatic heterocycles. The molecule has 19 heavy (non-hydrogen) atoms. The molecule has 1 N–H and O–H groups in total. The Morgan fingerprint density at radius 2 is 2.26 bits per heavy atom. The largest absolute Gasteiger partial charge is 0.454 e. The SMILES string of the molecule is CN1CCNCC1CC(=O)c1ccc2c(c1)OCO2. The summed E-state index contributed by atoms with van der Waals surface area (Å²) in [7, 11) is 2.07. The monoisotopic (exact) mass is 262 g/mol. The minimum Gasteiger partial charge on any atom is -0.454 e. The van der Waals surface area contributed by atoms with Gasteiger partial charge in [-0.2, -0.15) is 0 Å². The van der Waals surface area contributed by atoms with Crippen LogP contribution in [-0.4, -0.2) is 50.2 Å². The molecule has 0 aromatic heterocycles. The van der Waals surface area contributed by atoms with Gasteiger partial charge >= 0.3 is 0 Å². The van der Waals surface area contributed by atoms with Crippen LogP contribution >= 0.6 is 0 Å². The van der Waals surface area contributed by atoms with Crippen LogP contribution < -0.4 is 14.8 Å². The zero-order valence-corrected chi connectivity index (χ0v) is 11.0. The summed E-state index contributed by atoms with van der Waals surface area (Å²) in [5.74, 6) is 1.54. The van der Waals surface area contributed by atoms with E-state index in [0.29, 0.717) is 23.5 Å². The van der Waals surface area contributed by atoms with E-state index >= 15 is 0 Å². The number of ketones is 1. The molecule has 1 atom stereocenters. The molecule has 5 nitrogen and oxygen atoms in total. The highest BCUT2D eigenvalue weighted by Gasteiger charge is 2.23. The highest BCUT2D eigenvalue weighted by molar-refractivity contribution is 5.97. The van der Waals surface area contributed by atoms with Crippen molar-refractivity contribution < 1.29 is 14.3 Å². The lowest BCUT2D eigenvalue weighted by atomic mass is 10.0. The van der Waals surface area contributed by atoms with Crippen molar-refractivity contribution in [3.05, 3.63) is 23.8 Å². The molecule has 1 aromatic carbocycles. The van der Waals surface area contributed by atoms with Gasteiger partial charge in [-0.1, -0.05) is 0 Å². The Kier molecular flexibility index (Phi) is 3.40. The van der Waals surface area contributed by atoms with Crippen molar-refractivity contribution in [2.24, 2.45) is 0 Å². The van der Waals surface area contributed by atoms with Gasteiger partial charge in [-0.05, 0) is 25.2 Å². The Balaban J connectivity index is 1.70. The second-order valence-corrected chi connectivity index (χ2v) is 5.03. The van der Waals surface area contributed by atoms with Crippen molar-refractivity contribution in [3.63, 3.8) is 0 Å². The molecule has 0 bridgehead atoms. The number of nitrogens with zero attached hydrogens (tertiary/aromatic N) is 1. The zero-order valence-electron chi connectivity index (χ0n) is 11.0. The third-order valence-electron chi connectivity index (χ3n) is 3.76. The predicted octanol–water partition coefficient (Wildman–Crippen LogP) is 0.892. The van der Waals surface area contributed by atoms with Gasteiger partial charge in [0.05, 0.1) is 0 Å². The molecule has 0 amide bonds. The number of nitrogens with one attached hydrogen (secondary N) is 1. The Labute approximate surface area is 112 Å². The lowest BCUT2D eigenvalue weighted by Crippen LogP contribution is -2.49. The Hall–Kier alpha value is -1.59. The minimum atomic E-state index is 0.152. The molecule has 1 fully saturated rings. The maximum Gasteiger partial charge on any atom is 0.231 e. The topological polar surface area (TPSA) is 50.8 Å². The highest BCUT2D eigenvalue weighted by Crippen LogP contribution is 2.32. The lowest BCUT2D eigenvalue weighted by Gasteiger charge is -2.32. The number of piperazine rings is 1. The maximum atomic E-state index is 12.3. The third-order valence-corrected chi connectivity index (χ3v) is 3.76. The molecule has 3 rings (SSSR count). The summed E-state index contributed by atoms with van der Waals surface area (Å²) in [6.45, 7) is 3.08. The summed E-state index contributed by atoms with van der Waals surface area (Å²) in [6, 6.07) is 5.66. The van der Waals surface area contributed by atoms with Crippen molar-refractivity contribution >= 4 is 5.78 Å². The van der Waals surface area contributed by atoms with Crippen LogP contribution in [0.25, 0.3) is 0 Å². The maximum absolute atomic E-state index is 12.3. The Bertz CT molecular complexity index is 490. The zero-order chi connectivity index (χ0) is 13.2. The van der Waals surface area contributed by atoms with E-state index in [4.69, 9.17) is 9.47 Å². The fraction of sp³-hybridized carbons (Fsp3) is 0.500. The summed E-state index contributed by atoms with van der Waals surface area (Å²) >= 11 is 0. The summed E-state index contributed by atoms with van der Waals surface area (Å²) in [5, 5.41) is 3.33. The van der Waals surface area contributed by atoms with Crippen LogP contribution in [0.3, 0.4) is 0 Å². The van der Waals surface area contributed by atoms with Gasteiger partial charge in [-0.25, -0.2) is 0 Å². The minimum absolute atomic E-state index is 0.152. The van der Waals surface area contributed by atoms with E-state index in [2.05, 4.69) is 17.3 Å². The van der Waals surface area contributed by atoms with Crippen LogP contribution in [-0.2, 0) is 0 Å². The number of carbonyl (C=O) groups is 1. The summed E-state index contributed by atoms with van der Waals surface area (Å²) in [4.78, 5) is 14.5. The normalized spacial score (nSPS) is 22.5. The Morgan fingerprint density at radius 1 is 1.42 bits per heavy atom. The van der Waals surface area contributed by atoms with Crippen molar-refractivity contribution in [3.8, 4) is 11.5 Å². The van der Waals surface area contributed by atoms with Crippen LogP contribution in [0.5, 0.6) is 11.5 Å². The fourth-order valence-electron chi connectivity index (χ4n) is 2.49. The molecule has 5 heteroatoms. The summed E-state index contributed by atoms with van der Waals surface area (Å²) in [6.07, 6.45) is 0.531. The smallest absolute Gasteiger partial charge is 0.231 e. The highest BCUT2D eigenvalue weighted by atomic mass is 16.7. The quantitative estimate of drug-likeness (QED) is 0.820. The predicted molar refractivity (Wildman–Crippen MR) is 70.8 cm³/mol. The first-order valence-electron chi connectivity index (χ1n) is 6.58.